The van der Waals surface area contributed by atoms with Crippen molar-refractivity contribution in [2.24, 2.45) is 0 Å². The number of rotatable bonds is 0. The van der Waals surface area contributed by atoms with Gasteiger partial charge in [-0.25, -0.2) is 0 Å². The van der Waals surface area contributed by atoms with Gasteiger partial charge in [0, 0.05) is 0 Å². The van der Waals surface area contributed by atoms with Crippen LogP contribution in [0.3, 0.4) is 0 Å². The predicted molar refractivity (Wildman–Crippen MR) is 63.2 cm³/mol. The number of nitrogens with one attached hydrogen (secondary N) is 1. The Bertz CT molecular complexity index is 110. The van der Waals surface area contributed by atoms with Crippen LogP contribution in [0.2, 0.25) is 0 Å². The van der Waals surface area contributed by atoms with Crippen LogP contribution in [-0.2, 0) is 0 Å². The Hall–Kier alpha value is 2.48. The molecule has 0 fully saturated rings. The molecule has 0 saturated carbocycles. The first-order valence-corrected chi connectivity index (χ1v) is 21.9. The van der Waals surface area contributed by atoms with Crippen molar-refractivity contribution in [3.05, 3.63) is 0 Å². The first-order chi connectivity index (χ1) is 4.18. The van der Waals surface area contributed by atoms with Crippen molar-refractivity contribution in [1.29, 1.82) is 0 Å². The zero-order valence-electron chi connectivity index (χ0n) is 6.72. The predicted octanol–water partition coefficient (Wildman–Crippen LogP) is 1.69. The molecule has 0 aliphatic rings. The Kier molecular flexibility index (Phi) is 8.33. The molecule has 0 amide bonds. The Morgan fingerprint density at radius 1 is 0.750 bits per heavy atom. The minimum absolute atomic E-state index is 0. The van der Waals surface area contributed by atoms with Gasteiger partial charge >= 0.3 is 62.1 Å². The summed E-state index contributed by atoms with van der Waals surface area (Å²) in [5, 5.41) is 0. The summed E-state index contributed by atoms with van der Waals surface area (Å²) >= 11 is 0. The van der Waals surface area contributed by atoms with Crippen LogP contribution in [0.15, 0.2) is 0 Å². The van der Waals surface area contributed by atoms with E-state index in [2.05, 4.69) is 21.1 Å². The van der Waals surface area contributed by atoms with Crippen LogP contribution in [0.5, 0.6) is 0 Å². The van der Waals surface area contributed by atoms with Crippen molar-refractivity contribution in [2.45, 2.75) is 0 Å². The van der Waals surface area contributed by atoms with Crippen LogP contribution in [0, 0.1) is 0 Å². The third-order valence-electron chi connectivity index (χ3n) is 0. The van der Waals surface area contributed by atoms with Gasteiger partial charge in [-0.3, -0.25) is 0 Å². The average molecular weight is 413 g/mol. The summed E-state index contributed by atoms with van der Waals surface area (Å²) in [6, 6.07) is 0. The maximum absolute atomic E-state index is 5.42. The van der Waals surface area contributed by atoms with Gasteiger partial charge in [-0.15, -0.1) is 0 Å². The summed E-state index contributed by atoms with van der Waals surface area (Å²) in [6.45, 7) is 0. The first kappa shape index (κ1) is 20.0. The molecule has 3 N–H and O–H groups in total. The molecule has 0 unspecified atom stereocenters. The minimum atomic E-state index is -5.42. The van der Waals surface area contributed by atoms with E-state index in [1.165, 1.54) is 4.90 Å². The summed E-state index contributed by atoms with van der Waals surface area (Å²) < 4.78 is 0. The van der Waals surface area contributed by atoms with Gasteiger partial charge in [-0.1, -0.05) is 0 Å². The number of quaternary nitrogens is 1. The summed E-state index contributed by atoms with van der Waals surface area (Å²) in [5.74, 6) is 0. The fourth-order valence-corrected chi connectivity index (χ4v) is 0. The molecule has 0 aromatic heterocycles. The molecular formula is C3H12Cl6NOSb. The standard InChI is InChI=1S/C3H9N.6ClH.H2O.Sb/c1-4(2)3;;;;;;;;/h1-3H3;6*1H;1H2;/q;;;;;;;;+5/p-5. The van der Waals surface area contributed by atoms with Crippen molar-refractivity contribution in [3.8, 4) is 0 Å². The molecule has 0 aliphatic carbocycles. The Labute approximate surface area is 92.4 Å². The molecule has 9 heteroatoms. The van der Waals surface area contributed by atoms with E-state index in [0.717, 1.165) is 0 Å². The van der Waals surface area contributed by atoms with Crippen LogP contribution < -0.4 is 4.90 Å². The van der Waals surface area contributed by atoms with Gasteiger partial charge in [0.05, 0.1) is 21.1 Å². The fourth-order valence-electron chi connectivity index (χ4n) is 0. The first-order valence-electron chi connectivity index (χ1n) is 2.51. The van der Waals surface area contributed by atoms with Gasteiger partial charge in [0.25, 0.3) is 0 Å². The van der Waals surface area contributed by atoms with Gasteiger partial charge < -0.3 is 10.4 Å². The summed E-state index contributed by atoms with van der Waals surface area (Å²) in [7, 11) is 31.2. The second-order valence-electron chi connectivity index (χ2n) is 2.46. The number of hydrogen-bond donors (Lipinski definition) is 1. The molecule has 0 saturated heterocycles. The summed E-state index contributed by atoms with van der Waals surface area (Å²) in [4.78, 5) is 1.42. The van der Waals surface area contributed by atoms with Crippen LogP contribution in [-0.4, -0.2) is 35.8 Å². The van der Waals surface area contributed by atoms with Gasteiger partial charge in [0.2, 0.25) is 0 Å². The van der Waals surface area contributed by atoms with Gasteiger partial charge in [0.15, 0.2) is 0 Å². The van der Waals surface area contributed by atoms with E-state index >= 15 is 0 Å². The van der Waals surface area contributed by atoms with Crippen LogP contribution in [0.4, 0.5) is 0 Å². The van der Waals surface area contributed by atoms with Gasteiger partial charge in [0.1, 0.15) is 0 Å². The third kappa shape index (κ3) is 268. The van der Waals surface area contributed by atoms with Crippen LogP contribution in [0.25, 0.3) is 0 Å². The van der Waals surface area contributed by atoms with E-state index in [4.69, 9.17) is 53.0 Å². The second-order valence-corrected chi connectivity index (χ2v) is 59.4. The van der Waals surface area contributed by atoms with Crippen LogP contribution >= 0.6 is 53.0 Å². The quantitative estimate of drug-likeness (QED) is 0.588. The maximum atomic E-state index is 5.06. The zero-order chi connectivity index (χ0) is 9.99. The molecule has 2 nitrogen and oxygen atoms in total. The normalized spacial score (nSPS) is 16.5. The van der Waals surface area contributed by atoms with E-state index in [1.807, 2.05) is 0 Å². The van der Waals surface area contributed by atoms with Crippen molar-refractivity contribution in [2.75, 3.05) is 21.1 Å². The molecule has 0 aliphatic heterocycles. The van der Waals surface area contributed by atoms with Crippen LogP contribution in [0.1, 0.15) is 0 Å². The van der Waals surface area contributed by atoms with E-state index in [0.29, 0.717) is 0 Å². The molecule has 0 heterocycles. The van der Waals surface area contributed by atoms with E-state index < -0.39 is 9.14 Å². The number of halogens is 6. The summed E-state index contributed by atoms with van der Waals surface area (Å²) in [6.07, 6.45) is 0. The van der Waals surface area contributed by atoms with Crippen molar-refractivity contribution in [1.82, 2.24) is 0 Å². The van der Waals surface area contributed by atoms with Crippen molar-refractivity contribution >= 4 is 62.1 Å². The van der Waals surface area contributed by atoms with Crippen molar-refractivity contribution in [3.63, 3.8) is 0 Å². The Morgan fingerprint density at radius 2 is 0.750 bits per heavy atom. The molecule has 0 aromatic carbocycles. The molecule has 0 aromatic rings. The Balaban J connectivity index is -0.000000142. The summed E-state index contributed by atoms with van der Waals surface area (Å²) in [5.41, 5.74) is 0. The molecule has 82 valence electrons. The monoisotopic (exact) mass is 409 g/mol. The third-order valence-corrected chi connectivity index (χ3v) is 0. The molecule has 0 radical (unpaired) electrons. The van der Waals surface area contributed by atoms with Gasteiger partial charge in [-0.2, -0.15) is 0 Å². The van der Waals surface area contributed by atoms with E-state index in [9.17, 15) is 0 Å². The molecule has 0 spiro atoms. The number of hydrogen-bond acceptors (Lipinski definition) is 0. The fraction of sp³-hybridized carbons (Fsp3) is 1.00. The van der Waals surface area contributed by atoms with Gasteiger partial charge in [-0.05, 0) is 0 Å². The SMILES string of the molecule is C[NH+](C)C.O.[Cl][Sb-]([Cl])([Cl])([Cl])([Cl])[Cl]. The molecule has 0 bridgehead atoms. The zero-order valence-corrected chi connectivity index (χ0v) is 13.8. The molecule has 0 atom stereocenters. The average Bonchev–Trinajstić information content (AvgIpc) is 1.11. The van der Waals surface area contributed by atoms with Crippen molar-refractivity contribution < 1.29 is 10.4 Å². The van der Waals surface area contributed by atoms with E-state index in [-0.39, 0.29) is 5.48 Å². The molecular weight excluding hydrogens is 401 g/mol. The topological polar surface area (TPSA) is 35.9 Å². The van der Waals surface area contributed by atoms with E-state index in [1.54, 1.807) is 0 Å². The molecule has 0 rings (SSSR count). The Morgan fingerprint density at radius 3 is 0.750 bits per heavy atom. The second kappa shape index (κ2) is 5.00. The molecule has 12 heavy (non-hydrogen) atoms.